The maximum atomic E-state index is 12.1. The Hall–Kier alpha value is -1.56. The van der Waals surface area contributed by atoms with Crippen LogP contribution < -0.4 is 0 Å². The maximum absolute atomic E-state index is 12.1. The number of hydrogen-bond acceptors (Lipinski definition) is 3. The van der Waals surface area contributed by atoms with E-state index in [2.05, 4.69) is 10.2 Å². The topological polar surface area (TPSA) is 86.3 Å². The minimum Gasteiger partial charge on any atom is -0.481 e. The molecule has 0 spiro atoms. The van der Waals surface area contributed by atoms with E-state index in [0.717, 1.165) is 5.69 Å². The van der Waals surface area contributed by atoms with Gasteiger partial charge in [0.25, 0.3) is 5.91 Å². The number of carbonyl (C=O) groups is 2. The molecule has 106 valence electrons. The van der Waals surface area contributed by atoms with Crippen molar-refractivity contribution < 1.29 is 14.7 Å². The summed E-state index contributed by atoms with van der Waals surface area (Å²) in [5.41, 5.74) is 1.28. The summed E-state index contributed by atoms with van der Waals surface area (Å²) >= 11 is 0. The minimum atomic E-state index is -0.838. The molecule has 1 amide bonds. The summed E-state index contributed by atoms with van der Waals surface area (Å²) in [6, 6.07) is 1.74. The number of H-pyrrole nitrogens is 1. The van der Waals surface area contributed by atoms with Gasteiger partial charge < -0.3 is 10.0 Å². The molecule has 1 unspecified atom stereocenters. The van der Waals surface area contributed by atoms with Crippen LogP contribution in [0.25, 0.3) is 0 Å². The molecular formula is C12H18ClN3O3. The number of aromatic amines is 1. The SMILES string of the molecule is CC(C)c1cc(C(=O)N2CCC(C(=O)O)C2)n[nH]1.Cl. The van der Waals surface area contributed by atoms with E-state index >= 15 is 0 Å². The molecule has 0 radical (unpaired) electrons. The van der Waals surface area contributed by atoms with Gasteiger partial charge in [0.2, 0.25) is 0 Å². The average Bonchev–Trinajstić information content (AvgIpc) is 2.97. The molecule has 7 heteroatoms. The number of aromatic nitrogens is 2. The largest absolute Gasteiger partial charge is 0.481 e. The van der Waals surface area contributed by atoms with Gasteiger partial charge in [-0.2, -0.15) is 5.10 Å². The molecule has 1 fully saturated rings. The first-order chi connectivity index (χ1) is 8.49. The number of rotatable bonds is 3. The van der Waals surface area contributed by atoms with Crippen LogP contribution in [0, 0.1) is 5.92 Å². The highest BCUT2D eigenvalue weighted by molar-refractivity contribution is 5.93. The second-order valence-corrected chi connectivity index (χ2v) is 4.94. The number of hydrogen-bond donors (Lipinski definition) is 2. The van der Waals surface area contributed by atoms with Crippen molar-refractivity contribution in [2.24, 2.45) is 5.92 Å². The molecule has 1 atom stereocenters. The van der Waals surface area contributed by atoms with Crippen LogP contribution in [0.5, 0.6) is 0 Å². The number of carboxylic acids is 1. The Kier molecular flexibility index (Phi) is 4.94. The fourth-order valence-electron chi connectivity index (χ4n) is 2.05. The lowest BCUT2D eigenvalue weighted by atomic mass is 10.1. The van der Waals surface area contributed by atoms with E-state index in [1.54, 1.807) is 11.0 Å². The molecule has 2 heterocycles. The Bertz CT molecular complexity index is 473. The number of halogens is 1. The van der Waals surface area contributed by atoms with E-state index in [4.69, 9.17) is 5.11 Å². The van der Waals surface area contributed by atoms with E-state index in [1.165, 1.54) is 0 Å². The highest BCUT2D eigenvalue weighted by atomic mass is 35.5. The van der Waals surface area contributed by atoms with Crippen molar-refractivity contribution in [1.29, 1.82) is 0 Å². The molecule has 1 aromatic heterocycles. The van der Waals surface area contributed by atoms with Crippen molar-refractivity contribution >= 4 is 24.3 Å². The Morgan fingerprint density at radius 3 is 2.68 bits per heavy atom. The zero-order valence-corrected chi connectivity index (χ0v) is 11.7. The van der Waals surface area contributed by atoms with Crippen LogP contribution >= 0.6 is 12.4 Å². The Balaban J connectivity index is 0.00000180. The van der Waals surface area contributed by atoms with Crippen LogP contribution in [0.15, 0.2) is 6.07 Å². The fourth-order valence-corrected chi connectivity index (χ4v) is 2.05. The van der Waals surface area contributed by atoms with Gasteiger partial charge in [0, 0.05) is 18.8 Å². The molecule has 1 saturated heterocycles. The molecule has 0 aliphatic carbocycles. The molecule has 2 N–H and O–H groups in total. The zero-order chi connectivity index (χ0) is 13.3. The van der Waals surface area contributed by atoms with E-state index < -0.39 is 11.9 Å². The zero-order valence-electron chi connectivity index (χ0n) is 10.9. The quantitative estimate of drug-likeness (QED) is 0.882. The van der Waals surface area contributed by atoms with Gasteiger partial charge in [0.05, 0.1) is 5.92 Å². The first kappa shape index (κ1) is 15.5. The summed E-state index contributed by atoms with van der Waals surface area (Å²) in [5, 5.41) is 15.7. The molecule has 0 aromatic carbocycles. The molecule has 6 nitrogen and oxygen atoms in total. The van der Waals surface area contributed by atoms with Gasteiger partial charge in [-0.05, 0) is 18.4 Å². The van der Waals surface area contributed by atoms with Crippen molar-refractivity contribution in [3.8, 4) is 0 Å². The van der Waals surface area contributed by atoms with Crippen LogP contribution in [0.3, 0.4) is 0 Å². The highest BCUT2D eigenvalue weighted by Gasteiger charge is 2.32. The van der Waals surface area contributed by atoms with Crippen LogP contribution in [0.1, 0.15) is 42.4 Å². The Morgan fingerprint density at radius 1 is 1.53 bits per heavy atom. The number of nitrogens with one attached hydrogen (secondary N) is 1. The summed E-state index contributed by atoms with van der Waals surface area (Å²) in [6.07, 6.45) is 0.516. The minimum absolute atomic E-state index is 0. The van der Waals surface area contributed by atoms with E-state index in [0.29, 0.717) is 18.7 Å². The average molecular weight is 288 g/mol. The Labute approximate surface area is 117 Å². The van der Waals surface area contributed by atoms with Crippen molar-refractivity contribution in [2.45, 2.75) is 26.2 Å². The molecule has 2 rings (SSSR count). The number of carbonyl (C=O) groups excluding carboxylic acids is 1. The molecule has 19 heavy (non-hydrogen) atoms. The number of nitrogens with zero attached hydrogens (tertiary/aromatic N) is 2. The first-order valence-corrected chi connectivity index (χ1v) is 6.06. The first-order valence-electron chi connectivity index (χ1n) is 6.06. The maximum Gasteiger partial charge on any atom is 0.308 e. The molecule has 0 bridgehead atoms. The predicted molar refractivity (Wildman–Crippen MR) is 71.6 cm³/mol. The smallest absolute Gasteiger partial charge is 0.308 e. The third kappa shape index (κ3) is 3.26. The second-order valence-electron chi connectivity index (χ2n) is 4.94. The van der Waals surface area contributed by atoms with Crippen LogP contribution in [-0.2, 0) is 4.79 Å². The van der Waals surface area contributed by atoms with Gasteiger partial charge in [0.1, 0.15) is 5.69 Å². The van der Waals surface area contributed by atoms with Crippen molar-refractivity contribution in [3.63, 3.8) is 0 Å². The monoisotopic (exact) mass is 287 g/mol. The molecule has 1 aliphatic heterocycles. The van der Waals surface area contributed by atoms with Gasteiger partial charge >= 0.3 is 5.97 Å². The van der Waals surface area contributed by atoms with Gasteiger partial charge in [-0.3, -0.25) is 14.7 Å². The van der Waals surface area contributed by atoms with Crippen molar-refractivity contribution in [2.75, 3.05) is 13.1 Å². The number of amides is 1. The van der Waals surface area contributed by atoms with Crippen molar-refractivity contribution in [3.05, 3.63) is 17.5 Å². The molecule has 1 aliphatic rings. The summed E-state index contributed by atoms with van der Waals surface area (Å²) in [5.74, 6) is -1.20. The second kappa shape index (κ2) is 6.06. The van der Waals surface area contributed by atoms with E-state index in [9.17, 15) is 9.59 Å². The highest BCUT2D eigenvalue weighted by Crippen LogP contribution is 2.19. The third-order valence-electron chi connectivity index (χ3n) is 3.26. The lowest BCUT2D eigenvalue weighted by Crippen LogP contribution is -2.30. The lowest BCUT2D eigenvalue weighted by Gasteiger charge is -2.13. The number of carboxylic acid groups (broad SMARTS) is 1. The molecule has 0 saturated carbocycles. The standard InChI is InChI=1S/C12H17N3O3.ClH/c1-7(2)9-5-10(14-13-9)11(16)15-4-3-8(6-15)12(17)18;/h5,7-8H,3-4,6H2,1-2H3,(H,13,14)(H,17,18);1H. The number of likely N-dealkylation sites (tertiary alicyclic amines) is 1. The van der Waals surface area contributed by atoms with Crippen LogP contribution in [0.2, 0.25) is 0 Å². The van der Waals surface area contributed by atoms with Crippen molar-refractivity contribution in [1.82, 2.24) is 15.1 Å². The van der Waals surface area contributed by atoms with Crippen LogP contribution in [0.4, 0.5) is 0 Å². The van der Waals surface area contributed by atoms with Crippen LogP contribution in [-0.4, -0.2) is 45.2 Å². The van der Waals surface area contributed by atoms with E-state index in [-0.39, 0.29) is 30.8 Å². The third-order valence-corrected chi connectivity index (χ3v) is 3.26. The van der Waals surface area contributed by atoms with Gasteiger partial charge in [0.15, 0.2) is 0 Å². The summed E-state index contributed by atoms with van der Waals surface area (Å²) in [4.78, 5) is 24.5. The summed E-state index contributed by atoms with van der Waals surface area (Å²) in [7, 11) is 0. The van der Waals surface area contributed by atoms with E-state index in [1.807, 2.05) is 13.8 Å². The predicted octanol–water partition coefficient (Wildman–Crippen LogP) is 1.50. The summed E-state index contributed by atoms with van der Waals surface area (Å²) in [6.45, 7) is 4.79. The number of aliphatic carboxylic acids is 1. The van der Waals surface area contributed by atoms with Gasteiger partial charge in [-0.25, -0.2) is 0 Å². The molecular weight excluding hydrogens is 270 g/mol. The van der Waals surface area contributed by atoms with Gasteiger partial charge in [-0.15, -0.1) is 12.4 Å². The molecule has 1 aromatic rings. The summed E-state index contributed by atoms with van der Waals surface area (Å²) < 4.78 is 0. The normalized spacial score (nSPS) is 18.5. The van der Waals surface area contributed by atoms with Gasteiger partial charge in [-0.1, -0.05) is 13.8 Å². The lowest BCUT2D eigenvalue weighted by molar-refractivity contribution is -0.141. The fraction of sp³-hybridized carbons (Fsp3) is 0.583. The Morgan fingerprint density at radius 2 is 2.21 bits per heavy atom.